The lowest BCUT2D eigenvalue weighted by molar-refractivity contribution is -0.148. The summed E-state index contributed by atoms with van der Waals surface area (Å²) in [7, 11) is 0. The smallest absolute Gasteiger partial charge is 0.328 e. The first-order chi connectivity index (χ1) is 17.8. The molecule has 1 aromatic rings. The molecule has 3 rings (SSSR count). The molecular weight excluding hydrogens is 492 g/mol. The number of hydrogen-bond acceptors (Lipinski definition) is 7. The third kappa shape index (κ3) is 8.85. The SMILES string of the molecule is CCOC(=O)[C@H](CCc1ccccc1)NC(=O)C1(NC(=O)C(CC2CCOCC2)SC(C)=O)CCCC1. The Balaban J connectivity index is 1.71. The molecule has 0 radical (unpaired) electrons. The number of esters is 1. The zero-order valence-electron chi connectivity index (χ0n) is 22.0. The van der Waals surface area contributed by atoms with Gasteiger partial charge in [0, 0.05) is 20.1 Å². The average molecular weight is 533 g/mol. The van der Waals surface area contributed by atoms with Crippen LogP contribution in [0.3, 0.4) is 0 Å². The van der Waals surface area contributed by atoms with Crippen LogP contribution in [0.25, 0.3) is 0 Å². The number of rotatable bonds is 12. The van der Waals surface area contributed by atoms with Crippen LogP contribution in [0.15, 0.2) is 30.3 Å². The molecule has 9 heteroatoms. The van der Waals surface area contributed by atoms with Crippen molar-refractivity contribution in [3.8, 4) is 0 Å². The van der Waals surface area contributed by atoms with Crippen molar-refractivity contribution in [2.45, 2.75) is 88.5 Å². The molecule has 204 valence electrons. The summed E-state index contributed by atoms with van der Waals surface area (Å²) in [6.07, 6.45) is 5.86. The van der Waals surface area contributed by atoms with E-state index in [9.17, 15) is 19.2 Å². The van der Waals surface area contributed by atoms with Gasteiger partial charge in [-0.15, -0.1) is 0 Å². The van der Waals surface area contributed by atoms with Gasteiger partial charge in [-0.05, 0) is 63.4 Å². The van der Waals surface area contributed by atoms with E-state index in [1.54, 1.807) is 6.92 Å². The fraction of sp³-hybridized carbons (Fsp3) is 0.643. The molecule has 1 aromatic carbocycles. The van der Waals surface area contributed by atoms with Crippen LogP contribution in [-0.4, -0.2) is 59.6 Å². The summed E-state index contributed by atoms with van der Waals surface area (Å²) in [5, 5.41) is 5.24. The summed E-state index contributed by atoms with van der Waals surface area (Å²) in [6, 6.07) is 8.95. The molecule has 1 saturated heterocycles. The van der Waals surface area contributed by atoms with E-state index in [0.717, 1.165) is 43.0 Å². The van der Waals surface area contributed by atoms with E-state index < -0.39 is 22.8 Å². The largest absolute Gasteiger partial charge is 0.464 e. The minimum atomic E-state index is -1.10. The number of thioether (sulfide) groups is 1. The molecule has 1 heterocycles. The molecule has 0 aromatic heterocycles. The summed E-state index contributed by atoms with van der Waals surface area (Å²) in [4.78, 5) is 51.8. The molecule has 2 atom stereocenters. The summed E-state index contributed by atoms with van der Waals surface area (Å²) >= 11 is 1.03. The Hall–Kier alpha value is -2.39. The first-order valence-electron chi connectivity index (χ1n) is 13.4. The van der Waals surface area contributed by atoms with Crippen molar-refractivity contribution in [3.05, 3.63) is 35.9 Å². The lowest BCUT2D eigenvalue weighted by Crippen LogP contribution is -2.61. The van der Waals surface area contributed by atoms with Gasteiger partial charge < -0.3 is 20.1 Å². The lowest BCUT2D eigenvalue weighted by Gasteiger charge is -2.33. The maximum atomic E-state index is 13.6. The Morgan fingerprint density at radius 1 is 1.11 bits per heavy atom. The van der Waals surface area contributed by atoms with Crippen molar-refractivity contribution in [3.63, 3.8) is 0 Å². The minimum absolute atomic E-state index is 0.125. The highest BCUT2D eigenvalue weighted by atomic mass is 32.2. The monoisotopic (exact) mass is 532 g/mol. The number of hydrogen-bond donors (Lipinski definition) is 2. The summed E-state index contributed by atoms with van der Waals surface area (Å²) in [6.45, 7) is 4.73. The Morgan fingerprint density at radius 2 is 1.78 bits per heavy atom. The number of nitrogens with one attached hydrogen (secondary N) is 2. The van der Waals surface area contributed by atoms with Gasteiger partial charge in [0.1, 0.15) is 11.6 Å². The van der Waals surface area contributed by atoms with Crippen LogP contribution in [0.4, 0.5) is 0 Å². The van der Waals surface area contributed by atoms with E-state index in [1.165, 1.54) is 6.92 Å². The summed E-state index contributed by atoms with van der Waals surface area (Å²) < 4.78 is 10.7. The molecule has 1 saturated carbocycles. The van der Waals surface area contributed by atoms with Gasteiger partial charge >= 0.3 is 5.97 Å². The Bertz CT molecular complexity index is 913. The van der Waals surface area contributed by atoms with Gasteiger partial charge in [0.2, 0.25) is 11.8 Å². The van der Waals surface area contributed by atoms with Crippen LogP contribution in [0, 0.1) is 5.92 Å². The molecule has 0 bridgehead atoms. The van der Waals surface area contributed by atoms with Gasteiger partial charge in [-0.2, -0.15) is 0 Å². The van der Waals surface area contributed by atoms with Crippen LogP contribution in [0.1, 0.15) is 70.8 Å². The molecule has 37 heavy (non-hydrogen) atoms. The van der Waals surface area contributed by atoms with Crippen molar-refractivity contribution in [1.82, 2.24) is 10.6 Å². The van der Waals surface area contributed by atoms with Crippen LogP contribution < -0.4 is 10.6 Å². The highest BCUT2D eigenvalue weighted by Gasteiger charge is 2.45. The van der Waals surface area contributed by atoms with E-state index in [0.29, 0.717) is 51.2 Å². The second kappa shape index (κ2) is 14.5. The lowest BCUT2D eigenvalue weighted by atomic mass is 9.92. The number of benzene rings is 1. The zero-order valence-corrected chi connectivity index (χ0v) is 22.8. The molecule has 1 aliphatic heterocycles. The molecule has 2 N–H and O–H groups in total. The third-order valence-electron chi connectivity index (χ3n) is 7.18. The first kappa shape index (κ1) is 29.2. The van der Waals surface area contributed by atoms with Crippen molar-refractivity contribution in [2.75, 3.05) is 19.8 Å². The van der Waals surface area contributed by atoms with Gasteiger partial charge in [-0.25, -0.2) is 4.79 Å². The topological polar surface area (TPSA) is 111 Å². The molecular formula is C28H40N2O6S. The molecule has 2 fully saturated rings. The van der Waals surface area contributed by atoms with E-state index in [2.05, 4.69) is 10.6 Å². The molecule has 0 spiro atoms. The molecule has 8 nitrogen and oxygen atoms in total. The standard InChI is InChI=1S/C28H40N2O6S/c1-3-36-26(33)23(12-11-21-9-5-4-6-10-21)29-27(34)28(15-7-8-16-28)30-25(32)24(37-20(2)31)19-22-13-17-35-18-14-22/h4-6,9-10,22-24H,3,7-8,11-19H2,1-2H3,(H,29,34)(H,30,32)/t23-,24?/m0/s1. The zero-order chi connectivity index (χ0) is 26.7. The van der Waals surface area contributed by atoms with Gasteiger partial charge in [0.05, 0.1) is 11.9 Å². The van der Waals surface area contributed by atoms with E-state index in [4.69, 9.17) is 9.47 Å². The predicted octanol–water partition coefficient (Wildman–Crippen LogP) is 3.56. The molecule has 2 aliphatic rings. The molecule has 1 unspecified atom stereocenters. The third-order valence-corrected chi connectivity index (χ3v) is 8.21. The molecule has 1 aliphatic carbocycles. The highest BCUT2D eigenvalue weighted by Crippen LogP contribution is 2.33. The fourth-order valence-corrected chi connectivity index (χ4v) is 6.08. The minimum Gasteiger partial charge on any atom is -0.464 e. The Morgan fingerprint density at radius 3 is 2.41 bits per heavy atom. The first-order valence-corrected chi connectivity index (χ1v) is 14.3. The Kier molecular flexibility index (Phi) is 11.4. The fourth-order valence-electron chi connectivity index (χ4n) is 5.14. The number of ether oxygens (including phenoxy) is 2. The summed E-state index contributed by atoms with van der Waals surface area (Å²) in [5.74, 6) is -0.825. The number of carbonyl (C=O) groups excluding carboxylic acids is 4. The van der Waals surface area contributed by atoms with Crippen LogP contribution in [0.2, 0.25) is 0 Å². The van der Waals surface area contributed by atoms with Crippen LogP contribution >= 0.6 is 11.8 Å². The number of amides is 2. The van der Waals surface area contributed by atoms with Gasteiger partial charge in [-0.3, -0.25) is 14.4 Å². The quantitative estimate of drug-likeness (QED) is 0.396. The second-order valence-corrected chi connectivity index (χ2v) is 11.4. The average Bonchev–Trinajstić information content (AvgIpc) is 3.37. The van der Waals surface area contributed by atoms with Crippen LogP contribution in [0.5, 0.6) is 0 Å². The van der Waals surface area contributed by atoms with Crippen LogP contribution in [-0.2, 0) is 35.1 Å². The van der Waals surface area contributed by atoms with Gasteiger partial charge in [0.25, 0.3) is 0 Å². The second-order valence-electron chi connectivity index (χ2n) is 9.97. The van der Waals surface area contributed by atoms with Crippen molar-refractivity contribution < 1.29 is 28.7 Å². The van der Waals surface area contributed by atoms with Crippen molar-refractivity contribution in [2.24, 2.45) is 5.92 Å². The molecule has 2 amide bonds. The number of aryl methyl sites for hydroxylation is 1. The van der Waals surface area contributed by atoms with E-state index in [-0.39, 0.29) is 23.5 Å². The maximum absolute atomic E-state index is 13.6. The Labute approximate surface area is 224 Å². The van der Waals surface area contributed by atoms with Crippen molar-refractivity contribution >= 4 is 34.7 Å². The maximum Gasteiger partial charge on any atom is 0.328 e. The van der Waals surface area contributed by atoms with E-state index >= 15 is 0 Å². The number of carbonyl (C=O) groups is 4. The predicted molar refractivity (Wildman–Crippen MR) is 143 cm³/mol. The van der Waals surface area contributed by atoms with Crippen molar-refractivity contribution in [1.29, 1.82) is 0 Å². The normalized spacial score (nSPS) is 19.0. The van der Waals surface area contributed by atoms with E-state index in [1.807, 2.05) is 30.3 Å². The summed E-state index contributed by atoms with van der Waals surface area (Å²) in [5.41, 5.74) is -0.0352. The highest BCUT2D eigenvalue weighted by molar-refractivity contribution is 8.14. The van der Waals surface area contributed by atoms with Gasteiger partial charge in [0.15, 0.2) is 5.12 Å². The van der Waals surface area contributed by atoms with Gasteiger partial charge in [-0.1, -0.05) is 54.9 Å².